The predicted molar refractivity (Wildman–Crippen MR) is 54.9 cm³/mol. The summed E-state index contributed by atoms with van der Waals surface area (Å²) >= 11 is 5.80. The smallest absolute Gasteiger partial charge is 0.324 e. The number of carbonyl (C=O) groups excluding carboxylic acids is 1. The Balaban J connectivity index is 4.05. The average molecular weight is 205 g/mol. The fraction of sp³-hybridized carbons (Fsp3) is 0.700. The fourth-order valence-corrected chi connectivity index (χ4v) is 1.06. The summed E-state index contributed by atoms with van der Waals surface area (Å²) < 4.78 is 5.09. The largest absolute Gasteiger partial charge is 0.459 e. The number of allylic oxidation sites excluding steroid dienone is 1. The maximum Gasteiger partial charge on any atom is 0.324 e. The highest BCUT2D eigenvalue weighted by Crippen LogP contribution is 2.15. The maximum absolute atomic E-state index is 11.3. The Labute approximate surface area is 84.9 Å². The summed E-state index contributed by atoms with van der Waals surface area (Å²) in [6.45, 7) is 11.0. The lowest BCUT2D eigenvalue weighted by Crippen LogP contribution is -2.29. The molecule has 0 aromatic rings. The van der Waals surface area contributed by atoms with Gasteiger partial charge in [-0.15, -0.1) is 18.2 Å². The van der Waals surface area contributed by atoms with Crippen LogP contribution in [0.2, 0.25) is 0 Å². The number of ether oxygens (including phenoxy) is 1. The fourth-order valence-electron chi connectivity index (χ4n) is 0.755. The van der Waals surface area contributed by atoms with Gasteiger partial charge in [-0.05, 0) is 34.1 Å². The highest BCUT2D eigenvalue weighted by atomic mass is 35.5. The van der Waals surface area contributed by atoms with Crippen LogP contribution >= 0.6 is 11.6 Å². The van der Waals surface area contributed by atoms with Crippen molar-refractivity contribution in [1.82, 2.24) is 0 Å². The van der Waals surface area contributed by atoms with Crippen molar-refractivity contribution in [3.05, 3.63) is 12.2 Å². The van der Waals surface area contributed by atoms with Crippen LogP contribution in [0.4, 0.5) is 0 Å². The standard InChI is InChI=1S/C10H17ClO2/c1-7(2)6-8(11)9(12)13-10(3,4)5/h8H,1,6H2,2-5H3. The summed E-state index contributed by atoms with van der Waals surface area (Å²) in [4.78, 5) is 11.3. The molecular weight excluding hydrogens is 188 g/mol. The number of hydrogen-bond donors (Lipinski definition) is 0. The van der Waals surface area contributed by atoms with Crippen molar-refractivity contribution in [2.75, 3.05) is 0 Å². The van der Waals surface area contributed by atoms with Gasteiger partial charge in [-0.2, -0.15) is 0 Å². The molecule has 0 aliphatic rings. The van der Waals surface area contributed by atoms with E-state index in [4.69, 9.17) is 16.3 Å². The predicted octanol–water partition coefficient (Wildman–Crippen LogP) is 2.90. The highest BCUT2D eigenvalue weighted by Gasteiger charge is 2.22. The van der Waals surface area contributed by atoms with Gasteiger partial charge in [0.15, 0.2) is 0 Å². The Kier molecular flexibility index (Phi) is 4.48. The van der Waals surface area contributed by atoms with Crippen LogP contribution in [0.25, 0.3) is 0 Å². The number of carbonyl (C=O) groups is 1. The van der Waals surface area contributed by atoms with Crippen LogP contribution in [0, 0.1) is 0 Å². The highest BCUT2D eigenvalue weighted by molar-refractivity contribution is 6.30. The summed E-state index contributed by atoms with van der Waals surface area (Å²) in [5.74, 6) is -0.378. The van der Waals surface area contributed by atoms with Gasteiger partial charge in [0.25, 0.3) is 0 Å². The molecule has 13 heavy (non-hydrogen) atoms. The van der Waals surface area contributed by atoms with Crippen molar-refractivity contribution < 1.29 is 9.53 Å². The zero-order valence-corrected chi connectivity index (χ0v) is 9.44. The van der Waals surface area contributed by atoms with Gasteiger partial charge >= 0.3 is 5.97 Å². The molecule has 0 saturated carbocycles. The van der Waals surface area contributed by atoms with E-state index in [1.807, 2.05) is 27.7 Å². The lowest BCUT2D eigenvalue weighted by Gasteiger charge is -2.21. The molecule has 0 spiro atoms. The lowest BCUT2D eigenvalue weighted by molar-refractivity contribution is -0.154. The second kappa shape index (κ2) is 4.66. The van der Waals surface area contributed by atoms with Crippen LogP contribution in [0.1, 0.15) is 34.1 Å². The second-order valence-corrected chi connectivity index (χ2v) is 4.69. The second-order valence-electron chi connectivity index (χ2n) is 4.16. The first-order valence-electron chi connectivity index (χ1n) is 4.23. The van der Waals surface area contributed by atoms with Gasteiger partial charge in [0.2, 0.25) is 0 Å². The van der Waals surface area contributed by atoms with Gasteiger partial charge < -0.3 is 4.74 Å². The molecule has 76 valence electrons. The van der Waals surface area contributed by atoms with Crippen LogP contribution in [-0.4, -0.2) is 16.9 Å². The van der Waals surface area contributed by atoms with Crippen LogP contribution in [-0.2, 0) is 9.53 Å². The van der Waals surface area contributed by atoms with Crippen molar-refractivity contribution in [3.63, 3.8) is 0 Å². The van der Waals surface area contributed by atoms with Crippen molar-refractivity contribution in [2.45, 2.75) is 45.1 Å². The van der Waals surface area contributed by atoms with Gasteiger partial charge in [-0.1, -0.05) is 5.57 Å². The maximum atomic E-state index is 11.3. The Hall–Kier alpha value is -0.500. The first-order valence-corrected chi connectivity index (χ1v) is 4.67. The van der Waals surface area contributed by atoms with Crippen molar-refractivity contribution in [1.29, 1.82) is 0 Å². The molecule has 0 bridgehead atoms. The van der Waals surface area contributed by atoms with Crippen molar-refractivity contribution in [2.24, 2.45) is 0 Å². The molecule has 0 N–H and O–H groups in total. The Bertz CT molecular complexity index is 203. The summed E-state index contributed by atoms with van der Waals surface area (Å²) in [6.07, 6.45) is 0.469. The number of esters is 1. The minimum absolute atomic E-state index is 0.378. The van der Waals surface area contributed by atoms with Crippen LogP contribution in [0.3, 0.4) is 0 Å². The van der Waals surface area contributed by atoms with Gasteiger partial charge in [0.1, 0.15) is 11.0 Å². The topological polar surface area (TPSA) is 26.3 Å². The molecule has 0 radical (unpaired) electrons. The van der Waals surface area contributed by atoms with Gasteiger partial charge in [-0.3, -0.25) is 4.79 Å². The van der Waals surface area contributed by atoms with E-state index >= 15 is 0 Å². The van der Waals surface area contributed by atoms with E-state index in [0.29, 0.717) is 6.42 Å². The zero-order chi connectivity index (χ0) is 10.6. The molecule has 2 nitrogen and oxygen atoms in total. The minimum Gasteiger partial charge on any atom is -0.459 e. The number of halogens is 1. The van der Waals surface area contributed by atoms with E-state index in [0.717, 1.165) is 5.57 Å². The molecule has 0 aliphatic carbocycles. The molecule has 0 aromatic heterocycles. The molecule has 0 rings (SSSR count). The number of rotatable bonds is 3. The number of alkyl halides is 1. The molecule has 1 unspecified atom stereocenters. The molecule has 0 fully saturated rings. The molecule has 0 aromatic carbocycles. The Morgan fingerprint density at radius 1 is 1.54 bits per heavy atom. The first kappa shape index (κ1) is 12.5. The van der Waals surface area contributed by atoms with Gasteiger partial charge in [0.05, 0.1) is 0 Å². The summed E-state index contributed by atoms with van der Waals surface area (Å²) in [7, 11) is 0. The third kappa shape index (κ3) is 6.64. The van der Waals surface area contributed by atoms with Crippen LogP contribution in [0.5, 0.6) is 0 Å². The van der Waals surface area contributed by atoms with E-state index in [9.17, 15) is 4.79 Å². The molecular formula is C10H17ClO2. The SMILES string of the molecule is C=C(C)CC(Cl)C(=O)OC(C)(C)C. The Morgan fingerprint density at radius 2 is 2.00 bits per heavy atom. The molecule has 0 saturated heterocycles. The third-order valence-corrected chi connectivity index (χ3v) is 1.52. The molecule has 0 aliphatic heterocycles. The monoisotopic (exact) mass is 204 g/mol. The zero-order valence-electron chi connectivity index (χ0n) is 8.69. The van der Waals surface area contributed by atoms with E-state index in [1.54, 1.807) is 0 Å². The van der Waals surface area contributed by atoms with E-state index in [-0.39, 0.29) is 5.97 Å². The number of hydrogen-bond acceptors (Lipinski definition) is 2. The van der Waals surface area contributed by atoms with Gasteiger partial charge in [-0.25, -0.2) is 0 Å². The molecule has 0 heterocycles. The quantitative estimate of drug-likeness (QED) is 0.402. The molecule has 0 amide bonds. The minimum atomic E-state index is -0.614. The van der Waals surface area contributed by atoms with Gasteiger partial charge in [0, 0.05) is 0 Å². The summed E-state index contributed by atoms with van der Waals surface area (Å²) in [5.41, 5.74) is 0.408. The van der Waals surface area contributed by atoms with E-state index in [2.05, 4.69) is 6.58 Å². The van der Waals surface area contributed by atoms with Crippen molar-refractivity contribution in [3.8, 4) is 0 Å². The summed E-state index contributed by atoms with van der Waals surface area (Å²) in [5, 5.41) is -0.614. The first-order chi connectivity index (χ1) is 5.72. The van der Waals surface area contributed by atoms with E-state index < -0.39 is 11.0 Å². The van der Waals surface area contributed by atoms with Crippen LogP contribution < -0.4 is 0 Å². The molecule has 1 atom stereocenters. The van der Waals surface area contributed by atoms with E-state index in [1.165, 1.54) is 0 Å². The normalized spacial score (nSPS) is 13.6. The van der Waals surface area contributed by atoms with Crippen LogP contribution in [0.15, 0.2) is 12.2 Å². The average Bonchev–Trinajstić information content (AvgIpc) is 1.81. The third-order valence-electron chi connectivity index (χ3n) is 1.19. The molecule has 3 heteroatoms. The summed E-state index contributed by atoms with van der Waals surface area (Å²) in [6, 6.07) is 0. The Morgan fingerprint density at radius 3 is 2.31 bits per heavy atom. The lowest BCUT2D eigenvalue weighted by atomic mass is 10.1. The van der Waals surface area contributed by atoms with Crippen molar-refractivity contribution >= 4 is 17.6 Å².